The lowest BCUT2D eigenvalue weighted by molar-refractivity contribution is -0.126. The van der Waals surface area contributed by atoms with E-state index in [0.717, 1.165) is 11.3 Å². The Morgan fingerprint density at radius 3 is 2.65 bits per heavy atom. The molecule has 4 heterocycles. The quantitative estimate of drug-likeness (QED) is 0.345. The van der Waals surface area contributed by atoms with E-state index in [1.54, 1.807) is 33.9 Å². The van der Waals surface area contributed by atoms with Gasteiger partial charge in [0.25, 0.3) is 0 Å². The molecule has 0 saturated carbocycles. The molecule has 4 aromatic rings. The van der Waals surface area contributed by atoms with Crippen LogP contribution in [0.25, 0.3) is 28.2 Å². The molecular weight excluding hydrogens is 490 g/mol. The number of rotatable bonds is 5. The van der Waals surface area contributed by atoms with Crippen LogP contribution < -0.4 is 10.6 Å². The molecule has 1 amide bonds. The van der Waals surface area contributed by atoms with Crippen LogP contribution in [0.5, 0.6) is 0 Å². The Balaban J connectivity index is 1.76. The molecular formula is C28H28ClN5O3. The lowest BCUT2D eigenvalue weighted by Crippen LogP contribution is -2.54. The van der Waals surface area contributed by atoms with Crippen molar-refractivity contribution < 1.29 is 9.21 Å². The maximum atomic E-state index is 13.7. The summed E-state index contributed by atoms with van der Waals surface area (Å²) in [6, 6.07) is 13.0. The second-order valence-electron chi connectivity index (χ2n) is 9.46. The smallest absolute Gasteiger partial charge is 0.355 e. The van der Waals surface area contributed by atoms with Gasteiger partial charge in [0.2, 0.25) is 5.91 Å². The predicted molar refractivity (Wildman–Crippen MR) is 146 cm³/mol. The summed E-state index contributed by atoms with van der Waals surface area (Å²) in [5.41, 5.74) is 2.17. The van der Waals surface area contributed by atoms with Crippen LogP contribution in [-0.2, 0) is 4.79 Å². The minimum atomic E-state index is -0.437. The summed E-state index contributed by atoms with van der Waals surface area (Å²) >= 11 is 6.73. The van der Waals surface area contributed by atoms with E-state index in [9.17, 15) is 9.59 Å². The van der Waals surface area contributed by atoms with Crippen LogP contribution in [0.15, 0.2) is 70.6 Å². The third-order valence-electron chi connectivity index (χ3n) is 6.74. The Bertz CT molecular complexity index is 1540. The minimum absolute atomic E-state index is 0.0879. The lowest BCUT2D eigenvalue weighted by Gasteiger charge is -2.40. The number of carbonyl (C=O) groups excluding carboxylic acids is 1. The van der Waals surface area contributed by atoms with Crippen LogP contribution >= 0.6 is 11.6 Å². The van der Waals surface area contributed by atoms with Crippen molar-refractivity contribution in [2.24, 2.45) is 0 Å². The summed E-state index contributed by atoms with van der Waals surface area (Å²) in [4.78, 5) is 39.2. The van der Waals surface area contributed by atoms with Gasteiger partial charge < -0.3 is 14.2 Å². The summed E-state index contributed by atoms with van der Waals surface area (Å²) in [7, 11) is 0. The average molecular weight is 518 g/mol. The fourth-order valence-electron chi connectivity index (χ4n) is 4.91. The van der Waals surface area contributed by atoms with Gasteiger partial charge in [-0.25, -0.2) is 14.3 Å². The summed E-state index contributed by atoms with van der Waals surface area (Å²) in [5, 5.41) is 1.04. The normalized spacial score (nSPS) is 16.0. The van der Waals surface area contributed by atoms with E-state index in [1.807, 2.05) is 36.1 Å². The van der Waals surface area contributed by atoms with Gasteiger partial charge in [-0.15, -0.1) is 0 Å². The van der Waals surface area contributed by atoms with Crippen LogP contribution in [0.2, 0.25) is 5.02 Å². The zero-order chi connectivity index (χ0) is 26.3. The van der Waals surface area contributed by atoms with Gasteiger partial charge in [0.05, 0.1) is 22.4 Å². The van der Waals surface area contributed by atoms with E-state index in [-0.39, 0.29) is 17.9 Å². The number of nitrogens with zero attached hydrogens (tertiary/aromatic N) is 5. The Hall–Kier alpha value is -3.91. The average Bonchev–Trinajstić information content (AvgIpc) is 3.42. The Labute approximate surface area is 219 Å². The summed E-state index contributed by atoms with van der Waals surface area (Å²) < 4.78 is 7.14. The van der Waals surface area contributed by atoms with Crippen molar-refractivity contribution in [1.82, 2.24) is 19.4 Å². The maximum Gasteiger partial charge on any atom is 0.355 e. The molecule has 1 saturated heterocycles. The van der Waals surface area contributed by atoms with Crippen molar-refractivity contribution in [3.05, 3.63) is 82.5 Å². The highest BCUT2D eigenvalue weighted by Gasteiger charge is 2.30. The standard InChI is InChI=1S/C28H28ClN5O3/c1-5-24(35)32-12-13-33(18(4)16-32)26-20-15-21(29)25(23-11-8-14-37-23)30-27(20)34(28(36)31-26)22-10-7-6-9-19(22)17(2)3/h5-11,14-15,17-18H,1,12-13,16H2,2-4H3/t18-/m0/s1. The monoisotopic (exact) mass is 517 g/mol. The first-order valence-electron chi connectivity index (χ1n) is 12.2. The van der Waals surface area contributed by atoms with Crippen LogP contribution in [0.4, 0.5) is 5.82 Å². The fourth-order valence-corrected chi connectivity index (χ4v) is 5.15. The highest BCUT2D eigenvalue weighted by molar-refractivity contribution is 6.33. The summed E-state index contributed by atoms with van der Waals surface area (Å²) in [6.45, 7) is 11.2. The maximum absolute atomic E-state index is 13.7. The summed E-state index contributed by atoms with van der Waals surface area (Å²) in [6.07, 6.45) is 2.88. The van der Waals surface area contributed by atoms with E-state index in [1.165, 1.54) is 6.08 Å². The molecule has 0 bridgehead atoms. The molecule has 3 aromatic heterocycles. The van der Waals surface area contributed by atoms with Gasteiger partial charge in [0, 0.05) is 25.7 Å². The van der Waals surface area contributed by atoms with Gasteiger partial charge >= 0.3 is 5.69 Å². The van der Waals surface area contributed by atoms with Crippen molar-refractivity contribution in [1.29, 1.82) is 0 Å². The molecule has 0 spiro atoms. The summed E-state index contributed by atoms with van der Waals surface area (Å²) in [5.74, 6) is 1.06. The van der Waals surface area contributed by atoms with Gasteiger partial charge in [0.1, 0.15) is 11.5 Å². The molecule has 0 radical (unpaired) electrons. The number of anilines is 1. The molecule has 9 heteroatoms. The molecule has 0 N–H and O–H groups in total. The molecule has 1 aliphatic rings. The van der Waals surface area contributed by atoms with Crippen LogP contribution in [0.3, 0.4) is 0 Å². The SMILES string of the molecule is C=CC(=O)N1CCN(c2nc(=O)n(-c3ccccc3C(C)C)c3nc(-c4ccco4)c(Cl)cc23)[C@@H](C)C1. The van der Waals surface area contributed by atoms with Crippen molar-refractivity contribution in [2.75, 3.05) is 24.5 Å². The first kappa shape index (κ1) is 24.8. The first-order chi connectivity index (χ1) is 17.8. The Morgan fingerprint density at radius 1 is 1.19 bits per heavy atom. The topological polar surface area (TPSA) is 84.5 Å². The number of para-hydroxylation sites is 1. The van der Waals surface area contributed by atoms with E-state index >= 15 is 0 Å². The number of aromatic nitrogens is 3. The highest BCUT2D eigenvalue weighted by Crippen LogP contribution is 2.35. The largest absolute Gasteiger partial charge is 0.463 e. The van der Waals surface area contributed by atoms with Crippen molar-refractivity contribution >= 4 is 34.4 Å². The number of halogens is 1. The fraction of sp³-hybridized carbons (Fsp3) is 0.286. The number of hydrogen-bond acceptors (Lipinski definition) is 6. The van der Waals surface area contributed by atoms with Crippen LogP contribution in [0.1, 0.15) is 32.3 Å². The van der Waals surface area contributed by atoms with Gasteiger partial charge in [-0.2, -0.15) is 4.98 Å². The number of hydrogen-bond donors (Lipinski definition) is 0. The Kier molecular flexibility index (Phi) is 6.60. The molecule has 1 aliphatic heterocycles. The second kappa shape index (κ2) is 9.86. The third kappa shape index (κ3) is 4.42. The molecule has 0 aliphatic carbocycles. The van der Waals surface area contributed by atoms with E-state index in [2.05, 4.69) is 25.4 Å². The van der Waals surface area contributed by atoms with Gasteiger partial charge in [-0.3, -0.25) is 4.79 Å². The van der Waals surface area contributed by atoms with Crippen molar-refractivity contribution in [3.8, 4) is 17.1 Å². The molecule has 5 rings (SSSR count). The van der Waals surface area contributed by atoms with Gasteiger partial charge in [-0.05, 0) is 48.7 Å². The number of piperazine rings is 1. The van der Waals surface area contributed by atoms with Crippen molar-refractivity contribution in [2.45, 2.75) is 32.7 Å². The third-order valence-corrected chi connectivity index (χ3v) is 7.03. The van der Waals surface area contributed by atoms with Crippen LogP contribution in [0, 0.1) is 0 Å². The number of amides is 1. The highest BCUT2D eigenvalue weighted by atomic mass is 35.5. The molecule has 190 valence electrons. The van der Waals surface area contributed by atoms with E-state index in [4.69, 9.17) is 21.0 Å². The molecule has 1 fully saturated rings. The number of benzene rings is 1. The number of furan rings is 1. The minimum Gasteiger partial charge on any atom is -0.463 e. The molecule has 1 atom stereocenters. The van der Waals surface area contributed by atoms with Crippen LogP contribution in [-0.4, -0.2) is 51.0 Å². The second-order valence-corrected chi connectivity index (χ2v) is 9.87. The zero-order valence-corrected chi connectivity index (χ0v) is 21.8. The van der Waals surface area contributed by atoms with E-state index in [0.29, 0.717) is 53.0 Å². The zero-order valence-electron chi connectivity index (χ0n) is 21.0. The number of pyridine rings is 1. The lowest BCUT2D eigenvalue weighted by atomic mass is 10.0. The molecule has 1 aromatic carbocycles. The number of carbonyl (C=O) groups is 1. The molecule has 37 heavy (non-hydrogen) atoms. The van der Waals surface area contributed by atoms with Gasteiger partial charge in [0.15, 0.2) is 11.4 Å². The van der Waals surface area contributed by atoms with Gasteiger partial charge in [-0.1, -0.05) is 50.2 Å². The van der Waals surface area contributed by atoms with Crippen molar-refractivity contribution in [3.63, 3.8) is 0 Å². The number of fused-ring (bicyclic) bond motifs is 1. The molecule has 0 unspecified atom stereocenters. The first-order valence-corrected chi connectivity index (χ1v) is 12.6. The van der Waals surface area contributed by atoms with E-state index < -0.39 is 5.69 Å². The molecule has 8 nitrogen and oxygen atoms in total. The Morgan fingerprint density at radius 2 is 1.97 bits per heavy atom. The predicted octanol–water partition coefficient (Wildman–Crippen LogP) is 5.04.